The molecule has 3 aromatic rings. The second-order valence-electron chi connectivity index (χ2n) is 16.0. The third kappa shape index (κ3) is 6.71. The minimum Gasteiger partial charge on any atom is -0.399 e. The summed E-state index contributed by atoms with van der Waals surface area (Å²) in [7, 11) is 1.56. The molecule has 1 spiro atoms. The minimum absolute atomic E-state index is 0.136. The van der Waals surface area contributed by atoms with E-state index in [1.807, 2.05) is 12.1 Å². The molecule has 0 radical (unpaired) electrons. The Morgan fingerprint density at radius 2 is 1.44 bits per heavy atom. The highest BCUT2D eigenvalue weighted by atomic mass is 19.1. The number of hydrogen-bond donors (Lipinski definition) is 2. The van der Waals surface area contributed by atoms with Gasteiger partial charge < -0.3 is 25.8 Å². The van der Waals surface area contributed by atoms with Crippen molar-refractivity contribution in [3.63, 3.8) is 0 Å². The number of likely N-dealkylation sites (N-methyl/N-ethyl adjacent to an activating group) is 1. The van der Waals surface area contributed by atoms with Crippen LogP contribution in [-0.4, -0.2) is 120 Å². The molecule has 3 saturated heterocycles. The van der Waals surface area contributed by atoms with Gasteiger partial charge >= 0.3 is 0 Å². The van der Waals surface area contributed by atoms with E-state index in [2.05, 4.69) is 48.6 Å². The van der Waals surface area contributed by atoms with Crippen LogP contribution in [0.25, 0.3) is 0 Å². The average Bonchev–Trinajstić information content (AvgIpc) is 3.85. The monoisotopic (exact) mass is 742 g/mol. The molecule has 54 heavy (non-hydrogen) atoms. The Kier molecular flexibility index (Phi) is 9.84. The van der Waals surface area contributed by atoms with Crippen LogP contribution in [0, 0.1) is 11.6 Å². The molecule has 12 nitrogen and oxygen atoms in total. The van der Waals surface area contributed by atoms with E-state index < -0.39 is 5.54 Å². The highest BCUT2D eigenvalue weighted by Gasteiger charge is 2.60. The molecule has 2 aromatic carbocycles. The molecule has 4 fully saturated rings. The number of hydrogen-bond acceptors (Lipinski definition) is 11. The number of imide groups is 1. The lowest BCUT2D eigenvalue weighted by Crippen LogP contribution is -2.56. The van der Waals surface area contributed by atoms with Crippen molar-refractivity contribution in [2.75, 3.05) is 85.2 Å². The van der Waals surface area contributed by atoms with Gasteiger partial charge in [-0.15, -0.1) is 0 Å². The van der Waals surface area contributed by atoms with Crippen molar-refractivity contribution in [1.29, 1.82) is 0 Å². The highest BCUT2D eigenvalue weighted by molar-refractivity contribution is 6.11. The van der Waals surface area contributed by atoms with E-state index in [9.17, 15) is 14.0 Å². The van der Waals surface area contributed by atoms with E-state index in [1.54, 1.807) is 25.4 Å². The zero-order chi connectivity index (χ0) is 37.7. The molecule has 8 rings (SSSR count). The molecule has 288 valence electrons. The van der Waals surface area contributed by atoms with Gasteiger partial charge in [0.25, 0.3) is 5.91 Å². The summed E-state index contributed by atoms with van der Waals surface area (Å²) in [6.07, 6.45) is 7.39. The van der Waals surface area contributed by atoms with Crippen LogP contribution in [0.3, 0.4) is 0 Å². The zero-order valence-corrected chi connectivity index (χ0v) is 31.6. The van der Waals surface area contributed by atoms with Crippen molar-refractivity contribution < 1.29 is 18.4 Å². The number of benzene rings is 2. The highest BCUT2D eigenvalue weighted by Crippen LogP contribution is 2.47. The Morgan fingerprint density at radius 1 is 0.852 bits per heavy atom. The van der Waals surface area contributed by atoms with Gasteiger partial charge in [-0.2, -0.15) is 4.98 Å². The number of nitrogen functional groups attached to an aromatic ring is 1. The third-order valence-electron chi connectivity index (χ3n) is 12.6. The molecule has 5 aliphatic rings. The first kappa shape index (κ1) is 36.4. The van der Waals surface area contributed by atoms with Crippen LogP contribution >= 0.6 is 0 Å². The number of amides is 2. The molecular weight excluding hydrogens is 691 g/mol. The molecule has 3 atom stereocenters. The van der Waals surface area contributed by atoms with Gasteiger partial charge in [0, 0.05) is 107 Å². The lowest BCUT2D eigenvalue weighted by Gasteiger charge is -2.43. The number of rotatable bonds is 9. The fourth-order valence-corrected chi connectivity index (χ4v) is 9.62. The predicted molar refractivity (Wildman–Crippen MR) is 207 cm³/mol. The lowest BCUT2D eigenvalue weighted by molar-refractivity contribution is -0.138. The van der Waals surface area contributed by atoms with Crippen LogP contribution in [0.1, 0.15) is 57.9 Å². The molecule has 1 aliphatic carbocycles. The second kappa shape index (κ2) is 14.6. The van der Waals surface area contributed by atoms with Crippen LogP contribution in [0.2, 0.25) is 0 Å². The Bertz CT molecular complexity index is 1890. The summed E-state index contributed by atoms with van der Waals surface area (Å²) in [5.74, 6) is 0.121. The fraction of sp³-hybridized carbons (Fsp3) is 0.550. The van der Waals surface area contributed by atoms with Gasteiger partial charge in [-0.25, -0.2) is 13.8 Å². The molecule has 3 N–H and O–H groups in total. The number of nitrogens with one attached hydrogen (secondary N) is 1. The number of nitrogens with two attached hydrogens (primary N) is 1. The van der Waals surface area contributed by atoms with Crippen molar-refractivity contribution >= 4 is 46.3 Å². The molecule has 5 heterocycles. The van der Waals surface area contributed by atoms with Gasteiger partial charge in [0.15, 0.2) is 0 Å². The van der Waals surface area contributed by atoms with E-state index in [4.69, 9.17) is 10.7 Å². The number of carbonyl (C=O) groups is 2. The standard InChI is InChI=1S/C40H52F2N10O2/c1-26(48-12-16-50(17-13-48)34-10-8-29(43)21-32(34)41)20-27(2)49-14-18-51(19-15-49)35-11-9-30(22-33(35)42)45-39-44-25-28-23-40(24-36(53)47(3)38(40)54)52(37(28)46-39)31-6-4-5-7-31/h8-11,21-22,25-27,31H,4-7,12-20,23-24,43H2,1-3H3,(H,44,45,46). The summed E-state index contributed by atoms with van der Waals surface area (Å²) in [6, 6.07) is 11.0. The van der Waals surface area contributed by atoms with Crippen molar-refractivity contribution in [2.45, 2.75) is 82.5 Å². The summed E-state index contributed by atoms with van der Waals surface area (Å²) in [6.45, 7) is 11.1. The normalized spacial score (nSPS) is 23.9. The second-order valence-corrected chi connectivity index (χ2v) is 16.0. The smallest absolute Gasteiger partial charge is 0.255 e. The summed E-state index contributed by atoms with van der Waals surface area (Å²) < 4.78 is 30.2. The third-order valence-corrected chi connectivity index (χ3v) is 12.6. The summed E-state index contributed by atoms with van der Waals surface area (Å²) in [5, 5.41) is 3.20. The number of halogens is 2. The first-order valence-electron chi connectivity index (χ1n) is 19.6. The SMILES string of the molecule is CC(CC(C)N1CCN(c2ccc(Nc3ncc4c(n3)N(C3CCCC3)C3(CC(=O)N(C)C3=O)C4)cc2F)CC1)N1CCN(c2ccc(N)cc2F)CC1. The van der Waals surface area contributed by atoms with E-state index in [1.165, 1.54) is 17.0 Å². The summed E-state index contributed by atoms with van der Waals surface area (Å²) in [4.78, 5) is 48.2. The minimum atomic E-state index is -0.942. The van der Waals surface area contributed by atoms with Crippen molar-refractivity contribution in [2.24, 2.45) is 0 Å². The van der Waals surface area contributed by atoms with Gasteiger partial charge in [0.1, 0.15) is 23.0 Å². The number of nitrogens with zero attached hydrogens (tertiary/aromatic N) is 8. The molecule has 1 aromatic heterocycles. The maximum atomic E-state index is 15.7. The average molecular weight is 743 g/mol. The number of piperazine rings is 2. The van der Waals surface area contributed by atoms with Crippen molar-refractivity contribution in [3.8, 4) is 0 Å². The van der Waals surface area contributed by atoms with Crippen LogP contribution in [0.5, 0.6) is 0 Å². The molecule has 4 aliphatic heterocycles. The Hall–Kier alpha value is -4.56. The summed E-state index contributed by atoms with van der Waals surface area (Å²) >= 11 is 0. The van der Waals surface area contributed by atoms with E-state index >= 15 is 4.39 Å². The van der Waals surface area contributed by atoms with Gasteiger partial charge in [0.05, 0.1) is 17.8 Å². The van der Waals surface area contributed by atoms with Crippen LogP contribution in [0.4, 0.5) is 43.3 Å². The van der Waals surface area contributed by atoms with Gasteiger partial charge in [-0.05, 0) is 69.5 Å². The number of aromatic nitrogens is 2. The number of fused-ring (bicyclic) bond motifs is 1. The van der Waals surface area contributed by atoms with Gasteiger partial charge in [-0.1, -0.05) is 12.8 Å². The molecule has 0 bridgehead atoms. The molecular formula is C40H52F2N10O2. The Balaban J connectivity index is 0.855. The quantitative estimate of drug-likeness (QED) is 0.236. The maximum Gasteiger partial charge on any atom is 0.255 e. The molecule has 3 unspecified atom stereocenters. The largest absolute Gasteiger partial charge is 0.399 e. The van der Waals surface area contributed by atoms with E-state index in [-0.39, 0.29) is 35.9 Å². The first-order chi connectivity index (χ1) is 26.0. The fourth-order valence-electron chi connectivity index (χ4n) is 9.62. The van der Waals surface area contributed by atoms with Gasteiger partial charge in [0.2, 0.25) is 11.9 Å². The zero-order valence-electron chi connectivity index (χ0n) is 31.6. The van der Waals surface area contributed by atoms with E-state index in [0.717, 1.165) is 90.0 Å². The van der Waals surface area contributed by atoms with Gasteiger partial charge in [-0.3, -0.25) is 24.3 Å². The maximum absolute atomic E-state index is 15.7. The molecule has 2 amide bonds. The topological polar surface area (TPSA) is 117 Å². The lowest BCUT2D eigenvalue weighted by atomic mass is 9.91. The number of carbonyl (C=O) groups excluding carboxylic acids is 2. The Labute approximate surface area is 316 Å². The van der Waals surface area contributed by atoms with Crippen molar-refractivity contribution in [3.05, 3.63) is 59.8 Å². The Morgan fingerprint density at radius 3 is 2.00 bits per heavy atom. The predicted octanol–water partition coefficient (Wildman–Crippen LogP) is 4.62. The van der Waals surface area contributed by atoms with Crippen molar-refractivity contribution in [1.82, 2.24) is 24.7 Å². The molecule has 1 saturated carbocycles. The van der Waals surface area contributed by atoms with Crippen LogP contribution in [-0.2, 0) is 16.0 Å². The first-order valence-corrected chi connectivity index (χ1v) is 19.6. The van der Waals surface area contributed by atoms with Crippen LogP contribution in [0.15, 0.2) is 42.6 Å². The number of anilines is 6. The summed E-state index contributed by atoms with van der Waals surface area (Å²) in [5.41, 5.74) is 7.84. The van der Waals surface area contributed by atoms with E-state index in [0.29, 0.717) is 53.0 Å². The number of likely N-dealkylation sites (tertiary alicyclic amines) is 1. The molecule has 14 heteroatoms. The van der Waals surface area contributed by atoms with Crippen LogP contribution < -0.4 is 25.8 Å².